The fourth-order valence-electron chi connectivity index (χ4n) is 8.05. The minimum absolute atomic E-state index is 0.197. The first-order valence-corrected chi connectivity index (χ1v) is 25.6. The van der Waals surface area contributed by atoms with Gasteiger partial charge in [-0.15, -0.1) is 0 Å². The van der Waals surface area contributed by atoms with Crippen molar-refractivity contribution in [2.24, 2.45) is 0 Å². The van der Waals surface area contributed by atoms with Crippen LogP contribution >= 0.6 is 35.2 Å². The summed E-state index contributed by atoms with van der Waals surface area (Å²) in [6, 6.07) is 64.6. The Morgan fingerprint density at radius 1 is 0.431 bits per heavy atom. The Balaban J connectivity index is 0.00000131. The Morgan fingerprint density at radius 2 is 0.706 bits per heavy atom. The molecule has 0 unspecified atom stereocenters. The summed E-state index contributed by atoms with van der Waals surface area (Å²) in [5.74, 6) is 0. The number of benzene rings is 6. The van der Waals surface area contributed by atoms with Crippen LogP contribution in [0.1, 0.15) is 34.3 Å². The summed E-state index contributed by atoms with van der Waals surface area (Å²) in [5.41, 5.74) is 5.89. The maximum Gasteiger partial charge on any atom is 0.0967 e. The van der Waals surface area contributed by atoms with Crippen LogP contribution in [0.2, 0.25) is 0 Å². The molecular formula is C44H44Cl2N2P2Ru+4. The molecule has 2 aliphatic heterocycles. The van der Waals surface area contributed by atoms with Gasteiger partial charge in [0.25, 0.3) is 0 Å². The standard InChI is InChI=1S/C44H42N2P2.2ClH.Ru/c1-5-19-37(20-6-1)47(38-21-7-2-8-22-38)31-35-29-33-17-13-15-27-41(33)43(45-35)44-42-28-16-14-18-34(42)30-36(46-44)32-48(39-23-9-3-10-24-39)40-25-11-4-12-26-40;;;/h1-28,35-36,43-46H,29-32H2;2*1H;/q;;;+4/t35-,36-,43-,44-;;;/m0.../s1. The molecule has 2 aliphatic rings. The van der Waals surface area contributed by atoms with E-state index in [1.807, 2.05) is 0 Å². The zero-order chi connectivity index (χ0) is 34.8. The number of halogens is 2. The SMILES string of the molecule is [Cl][Ru+2][Cl].c1ccc([PH+](C[C@@H]2Cc3ccccc3[C@@H]([C@H]3N[C@H](C[PH+](c4ccccc4)c4ccccc4)Cc4ccccc43)N2)c2ccccc2)cc1. The molecule has 0 spiro atoms. The van der Waals surface area contributed by atoms with Gasteiger partial charge < -0.3 is 10.6 Å². The first-order chi connectivity index (χ1) is 25.2. The molecule has 4 atom stereocenters. The van der Waals surface area contributed by atoms with Crippen molar-refractivity contribution in [3.8, 4) is 0 Å². The van der Waals surface area contributed by atoms with Crippen LogP contribution < -0.4 is 31.9 Å². The summed E-state index contributed by atoms with van der Waals surface area (Å²) in [7, 11) is 7.75. The monoisotopic (exact) mass is 834 g/mol. The molecule has 0 bridgehead atoms. The number of hydrogen-bond donors (Lipinski definition) is 2. The van der Waals surface area contributed by atoms with E-state index in [2.05, 4.69) is 180 Å². The van der Waals surface area contributed by atoms with Crippen molar-refractivity contribution in [2.45, 2.75) is 37.0 Å². The molecule has 0 saturated carbocycles. The molecule has 258 valence electrons. The van der Waals surface area contributed by atoms with E-state index in [4.69, 9.17) is 19.4 Å². The number of fused-ring (bicyclic) bond motifs is 2. The van der Waals surface area contributed by atoms with Gasteiger partial charge in [-0.2, -0.15) is 0 Å². The van der Waals surface area contributed by atoms with Crippen molar-refractivity contribution in [3.63, 3.8) is 0 Å². The molecule has 0 aromatic heterocycles. The molecular weight excluding hydrogens is 790 g/mol. The third-order valence-corrected chi connectivity index (χ3v) is 16.2. The Morgan fingerprint density at radius 3 is 1.02 bits per heavy atom. The summed E-state index contributed by atoms with van der Waals surface area (Å²) in [5, 5.41) is 14.6. The maximum absolute atomic E-state index is 4.85. The zero-order valence-corrected chi connectivity index (χ0v) is 33.7. The molecule has 2 nitrogen and oxygen atoms in total. The Hall–Kier alpha value is -2.70. The van der Waals surface area contributed by atoms with Crippen LogP contribution in [-0.2, 0) is 28.0 Å². The molecule has 51 heavy (non-hydrogen) atoms. The molecule has 7 heteroatoms. The van der Waals surface area contributed by atoms with Crippen molar-refractivity contribution in [1.82, 2.24) is 10.6 Å². The first kappa shape index (κ1) is 36.7. The van der Waals surface area contributed by atoms with Gasteiger partial charge in [0.05, 0.1) is 61.5 Å². The van der Waals surface area contributed by atoms with E-state index in [0.717, 1.165) is 25.2 Å². The summed E-state index contributed by atoms with van der Waals surface area (Å²) in [6.45, 7) is 0. The fourth-order valence-corrected chi connectivity index (χ4v) is 13.6. The van der Waals surface area contributed by atoms with Gasteiger partial charge in [-0.3, -0.25) is 0 Å². The van der Waals surface area contributed by atoms with Crippen molar-refractivity contribution >= 4 is 56.4 Å². The van der Waals surface area contributed by atoms with Crippen LogP contribution in [0, 0.1) is 0 Å². The summed E-state index contributed by atoms with van der Waals surface area (Å²) in [4.78, 5) is 0. The normalized spacial score (nSPS) is 19.5. The van der Waals surface area contributed by atoms with Crippen molar-refractivity contribution < 1.29 is 15.1 Å². The summed E-state index contributed by atoms with van der Waals surface area (Å²) in [6.07, 6.45) is 4.42. The molecule has 0 saturated heterocycles. The maximum atomic E-state index is 4.85. The predicted octanol–water partition coefficient (Wildman–Crippen LogP) is 8.60. The fraction of sp³-hybridized carbons (Fsp3) is 0.182. The van der Waals surface area contributed by atoms with Gasteiger partial charge in [-0.1, -0.05) is 121 Å². The minimum atomic E-state index is -0.979. The number of hydrogen-bond acceptors (Lipinski definition) is 2. The van der Waals surface area contributed by atoms with Crippen LogP contribution in [0.15, 0.2) is 170 Å². The number of nitrogens with one attached hydrogen (secondary N) is 2. The van der Waals surface area contributed by atoms with E-state index >= 15 is 0 Å². The third kappa shape index (κ3) is 9.10. The Bertz CT molecular complexity index is 1730. The van der Waals surface area contributed by atoms with Gasteiger partial charge >= 0.3 is 34.5 Å². The van der Waals surface area contributed by atoms with Crippen molar-refractivity contribution in [3.05, 3.63) is 192 Å². The first-order valence-electron chi connectivity index (χ1n) is 17.7. The topological polar surface area (TPSA) is 24.1 Å². The van der Waals surface area contributed by atoms with Crippen LogP contribution in [0.3, 0.4) is 0 Å². The van der Waals surface area contributed by atoms with E-state index in [9.17, 15) is 0 Å². The van der Waals surface area contributed by atoms with Crippen molar-refractivity contribution in [2.75, 3.05) is 12.3 Å². The van der Waals surface area contributed by atoms with Gasteiger partial charge in [0.15, 0.2) is 0 Å². The average Bonchev–Trinajstić information content (AvgIpc) is 3.20. The van der Waals surface area contributed by atoms with Crippen LogP contribution in [0.4, 0.5) is 0 Å². The van der Waals surface area contributed by atoms with Gasteiger partial charge in [0, 0.05) is 12.1 Å². The van der Waals surface area contributed by atoms with E-state index in [-0.39, 0.29) is 27.2 Å². The zero-order valence-electron chi connectivity index (χ0n) is 28.4. The van der Waals surface area contributed by atoms with E-state index in [1.165, 1.54) is 43.5 Å². The second kappa shape index (κ2) is 18.4. The molecule has 6 aromatic carbocycles. The van der Waals surface area contributed by atoms with Crippen LogP contribution in [-0.4, -0.2) is 24.4 Å². The van der Waals surface area contributed by atoms with Crippen molar-refractivity contribution in [1.29, 1.82) is 0 Å². The van der Waals surface area contributed by atoms with E-state index in [1.54, 1.807) is 0 Å². The summed E-state index contributed by atoms with van der Waals surface area (Å²) >= 11 is -0.346. The minimum Gasteiger partial charge on any atom is -0.302 e. The van der Waals surface area contributed by atoms with Gasteiger partial charge in [-0.05, 0) is 83.6 Å². The average molecular weight is 835 g/mol. The second-order valence-electron chi connectivity index (χ2n) is 13.4. The smallest absolute Gasteiger partial charge is 0.0967 e. The quantitative estimate of drug-likeness (QED) is 0.113. The molecule has 0 aliphatic carbocycles. The second-order valence-corrected chi connectivity index (χ2v) is 21.0. The predicted molar refractivity (Wildman–Crippen MR) is 222 cm³/mol. The molecule has 0 fully saturated rings. The van der Waals surface area contributed by atoms with E-state index < -0.39 is 15.8 Å². The third-order valence-electron chi connectivity index (χ3n) is 10.3. The molecule has 2 N–H and O–H groups in total. The molecule has 6 aromatic rings. The van der Waals surface area contributed by atoms with Crippen LogP contribution in [0.5, 0.6) is 0 Å². The van der Waals surface area contributed by atoms with Crippen LogP contribution in [0.25, 0.3) is 0 Å². The van der Waals surface area contributed by atoms with Gasteiger partial charge in [-0.25, -0.2) is 0 Å². The van der Waals surface area contributed by atoms with Gasteiger partial charge in [0.2, 0.25) is 0 Å². The Kier molecular flexibility index (Phi) is 13.2. The summed E-state index contributed by atoms with van der Waals surface area (Å²) < 4.78 is 0. The molecule has 0 radical (unpaired) electrons. The largest absolute Gasteiger partial charge is 0.302 e. The molecule has 2 heterocycles. The molecule has 8 rings (SSSR count). The Labute approximate surface area is 321 Å². The molecule has 0 amide bonds. The van der Waals surface area contributed by atoms with Gasteiger partial charge in [0.1, 0.15) is 0 Å². The number of rotatable bonds is 9. The van der Waals surface area contributed by atoms with E-state index in [0.29, 0.717) is 12.1 Å².